The Bertz CT molecular complexity index is 883. The fourth-order valence-corrected chi connectivity index (χ4v) is 2.20. The number of ether oxygens (including phenoxy) is 2. The zero-order valence-corrected chi connectivity index (χ0v) is 15.6. The molecule has 0 atom stereocenters. The minimum Gasteiger partial charge on any atom is -0.497 e. The molecule has 7 nitrogen and oxygen atoms in total. The van der Waals surface area contributed by atoms with Gasteiger partial charge in [-0.1, -0.05) is 0 Å². The first-order valence-electron chi connectivity index (χ1n) is 8.17. The fraction of sp³-hybridized carbons (Fsp3) is 0.250. The standard InChI is InChI=1S/C20H21N3O4/c1-20(2,18(24)22-14-7-5-13(12-21)6-8-14)19(25)23-16-10-9-15(26-3)11-17(16)27-4/h5-11H,1-4H3,(H,22,24)(H,23,25). The minimum absolute atomic E-state index is 0.422. The first-order chi connectivity index (χ1) is 12.8. The topological polar surface area (TPSA) is 100 Å². The lowest BCUT2D eigenvalue weighted by atomic mass is 9.90. The van der Waals surface area contributed by atoms with E-state index in [1.807, 2.05) is 6.07 Å². The number of rotatable bonds is 6. The number of hydrogen-bond donors (Lipinski definition) is 2. The van der Waals surface area contributed by atoms with Crippen LogP contribution < -0.4 is 20.1 Å². The van der Waals surface area contributed by atoms with E-state index in [1.165, 1.54) is 28.1 Å². The molecule has 0 spiro atoms. The van der Waals surface area contributed by atoms with E-state index in [-0.39, 0.29) is 0 Å². The number of benzene rings is 2. The van der Waals surface area contributed by atoms with Gasteiger partial charge in [0.15, 0.2) is 0 Å². The van der Waals surface area contributed by atoms with Crippen LogP contribution in [0.2, 0.25) is 0 Å². The molecule has 2 aromatic carbocycles. The summed E-state index contributed by atoms with van der Waals surface area (Å²) in [5.74, 6) is 0.0444. The van der Waals surface area contributed by atoms with Crippen LogP contribution in [-0.4, -0.2) is 26.0 Å². The van der Waals surface area contributed by atoms with Gasteiger partial charge in [0.2, 0.25) is 11.8 Å². The van der Waals surface area contributed by atoms with E-state index < -0.39 is 17.2 Å². The summed E-state index contributed by atoms with van der Waals surface area (Å²) in [5, 5.41) is 14.2. The Balaban J connectivity index is 2.13. The summed E-state index contributed by atoms with van der Waals surface area (Å²) in [6.45, 7) is 3.05. The van der Waals surface area contributed by atoms with Crippen molar-refractivity contribution in [2.24, 2.45) is 5.41 Å². The van der Waals surface area contributed by atoms with Gasteiger partial charge < -0.3 is 20.1 Å². The Morgan fingerprint density at radius 1 is 0.963 bits per heavy atom. The predicted molar refractivity (Wildman–Crippen MR) is 102 cm³/mol. The molecule has 2 amide bonds. The van der Waals surface area contributed by atoms with Crippen molar-refractivity contribution >= 4 is 23.2 Å². The monoisotopic (exact) mass is 367 g/mol. The molecule has 7 heteroatoms. The third kappa shape index (κ3) is 4.55. The van der Waals surface area contributed by atoms with Gasteiger partial charge in [0, 0.05) is 11.8 Å². The number of nitrogens with zero attached hydrogens (tertiary/aromatic N) is 1. The highest BCUT2D eigenvalue weighted by Crippen LogP contribution is 2.31. The Labute approximate surface area is 157 Å². The molecule has 0 unspecified atom stereocenters. The second-order valence-electron chi connectivity index (χ2n) is 6.29. The number of anilines is 2. The van der Waals surface area contributed by atoms with E-state index in [0.717, 1.165) is 0 Å². The first kappa shape index (κ1) is 19.8. The van der Waals surface area contributed by atoms with Crippen LogP contribution in [-0.2, 0) is 9.59 Å². The average Bonchev–Trinajstić information content (AvgIpc) is 2.68. The highest BCUT2D eigenvalue weighted by atomic mass is 16.5. The lowest BCUT2D eigenvalue weighted by Gasteiger charge is -2.23. The van der Waals surface area contributed by atoms with Gasteiger partial charge in [0.1, 0.15) is 16.9 Å². The zero-order valence-electron chi connectivity index (χ0n) is 15.6. The molecular formula is C20H21N3O4. The van der Waals surface area contributed by atoms with Crippen LogP contribution in [0.4, 0.5) is 11.4 Å². The van der Waals surface area contributed by atoms with Crippen LogP contribution in [0.15, 0.2) is 42.5 Å². The lowest BCUT2D eigenvalue weighted by Crippen LogP contribution is -2.41. The summed E-state index contributed by atoms with van der Waals surface area (Å²) in [6.07, 6.45) is 0. The smallest absolute Gasteiger partial charge is 0.239 e. The van der Waals surface area contributed by atoms with Crippen LogP contribution >= 0.6 is 0 Å². The van der Waals surface area contributed by atoms with Crippen LogP contribution in [0.25, 0.3) is 0 Å². The molecule has 0 aliphatic carbocycles. The number of carbonyl (C=O) groups excluding carboxylic acids is 2. The summed E-state index contributed by atoms with van der Waals surface area (Å²) in [4.78, 5) is 25.3. The molecule has 0 heterocycles. The summed E-state index contributed by atoms with van der Waals surface area (Å²) in [7, 11) is 3.01. The van der Waals surface area contributed by atoms with Gasteiger partial charge in [0.05, 0.1) is 31.5 Å². The second kappa shape index (κ2) is 8.23. The average molecular weight is 367 g/mol. The van der Waals surface area contributed by atoms with E-state index in [0.29, 0.717) is 28.4 Å². The highest BCUT2D eigenvalue weighted by Gasteiger charge is 2.36. The van der Waals surface area contributed by atoms with Crippen molar-refractivity contribution in [2.45, 2.75) is 13.8 Å². The Kier molecular flexibility index (Phi) is 6.03. The molecular weight excluding hydrogens is 346 g/mol. The van der Waals surface area contributed by atoms with Gasteiger partial charge in [-0.2, -0.15) is 5.26 Å². The van der Waals surface area contributed by atoms with Gasteiger partial charge in [0.25, 0.3) is 0 Å². The van der Waals surface area contributed by atoms with E-state index in [2.05, 4.69) is 10.6 Å². The third-order valence-corrected chi connectivity index (χ3v) is 4.06. The van der Waals surface area contributed by atoms with Gasteiger partial charge in [-0.25, -0.2) is 0 Å². The van der Waals surface area contributed by atoms with Crippen LogP contribution in [0.1, 0.15) is 19.4 Å². The molecule has 0 saturated heterocycles. The molecule has 2 aromatic rings. The molecule has 0 saturated carbocycles. The quantitative estimate of drug-likeness (QED) is 0.764. The molecule has 0 aliphatic rings. The maximum Gasteiger partial charge on any atom is 0.239 e. The van der Waals surface area contributed by atoms with Gasteiger partial charge in [-0.15, -0.1) is 0 Å². The van der Waals surface area contributed by atoms with E-state index in [9.17, 15) is 9.59 Å². The maximum absolute atomic E-state index is 12.7. The van der Waals surface area contributed by atoms with Crippen molar-refractivity contribution in [3.8, 4) is 17.6 Å². The van der Waals surface area contributed by atoms with Crippen LogP contribution in [0.5, 0.6) is 11.5 Å². The maximum atomic E-state index is 12.7. The first-order valence-corrected chi connectivity index (χ1v) is 8.17. The minimum atomic E-state index is -1.35. The Morgan fingerprint density at radius 3 is 2.15 bits per heavy atom. The van der Waals surface area contributed by atoms with Crippen molar-refractivity contribution in [1.29, 1.82) is 5.26 Å². The third-order valence-electron chi connectivity index (χ3n) is 4.06. The van der Waals surface area contributed by atoms with E-state index in [4.69, 9.17) is 14.7 Å². The molecule has 140 valence electrons. The van der Waals surface area contributed by atoms with Crippen molar-refractivity contribution in [3.05, 3.63) is 48.0 Å². The molecule has 0 bridgehead atoms. The number of nitriles is 1. The zero-order chi connectivity index (χ0) is 20.0. The molecule has 2 N–H and O–H groups in total. The largest absolute Gasteiger partial charge is 0.497 e. The van der Waals surface area contributed by atoms with Crippen molar-refractivity contribution in [1.82, 2.24) is 0 Å². The lowest BCUT2D eigenvalue weighted by molar-refractivity contribution is -0.135. The Morgan fingerprint density at radius 2 is 1.59 bits per heavy atom. The molecule has 0 radical (unpaired) electrons. The Hall–Kier alpha value is -3.53. The number of amides is 2. The highest BCUT2D eigenvalue weighted by molar-refractivity contribution is 6.14. The number of hydrogen-bond acceptors (Lipinski definition) is 5. The SMILES string of the molecule is COc1ccc(NC(=O)C(C)(C)C(=O)Nc2ccc(C#N)cc2)c(OC)c1. The molecule has 27 heavy (non-hydrogen) atoms. The predicted octanol–water partition coefficient (Wildman–Crippen LogP) is 3.18. The normalized spacial score (nSPS) is 10.5. The van der Waals surface area contributed by atoms with E-state index >= 15 is 0 Å². The van der Waals surface area contributed by atoms with Gasteiger partial charge >= 0.3 is 0 Å². The number of carbonyl (C=O) groups is 2. The number of methoxy groups -OCH3 is 2. The second-order valence-corrected chi connectivity index (χ2v) is 6.29. The summed E-state index contributed by atoms with van der Waals surface area (Å²) in [6, 6.07) is 13.4. The number of nitrogens with one attached hydrogen (secondary N) is 2. The van der Waals surface area contributed by atoms with Crippen molar-refractivity contribution < 1.29 is 19.1 Å². The van der Waals surface area contributed by atoms with Crippen molar-refractivity contribution in [2.75, 3.05) is 24.9 Å². The molecule has 0 aromatic heterocycles. The summed E-state index contributed by atoms with van der Waals surface area (Å²) in [5.41, 5.74) is 0.0693. The van der Waals surface area contributed by atoms with Gasteiger partial charge in [-0.05, 0) is 50.2 Å². The summed E-state index contributed by atoms with van der Waals surface area (Å²) >= 11 is 0. The molecule has 2 rings (SSSR count). The van der Waals surface area contributed by atoms with Crippen molar-refractivity contribution in [3.63, 3.8) is 0 Å². The fourth-order valence-electron chi connectivity index (χ4n) is 2.20. The molecule has 0 fully saturated rings. The van der Waals surface area contributed by atoms with Crippen LogP contribution in [0.3, 0.4) is 0 Å². The van der Waals surface area contributed by atoms with E-state index in [1.54, 1.807) is 42.5 Å². The summed E-state index contributed by atoms with van der Waals surface area (Å²) < 4.78 is 10.4. The van der Waals surface area contributed by atoms with Gasteiger partial charge in [-0.3, -0.25) is 9.59 Å². The molecule has 0 aliphatic heterocycles. The van der Waals surface area contributed by atoms with Crippen LogP contribution in [0, 0.1) is 16.7 Å².